The average Bonchev–Trinajstić information content (AvgIpc) is 3.40. The number of anilines is 1. The van der Waals surface area contributed by atoms with E-state index in [-0.39, 0.29) is 29.4 Å². The molecule has 1 aromatic carbocycles. The third-order valence-corrected chi connectivity index (χ3v) is 4.37. The number of amides is 2. The Morgan fingerprint density at radius 3 is 2.64 bits per heavy atom. The van der Waals surface area contributed by atoms with Crippen molar-refractivity contribution in [2.24, 2.45) is 5.92 Å². The van der Waals surface area contributed by atoms with Crippen LogP contribution >= 0.6 is 11.6 Å². The smallest absolute Gasteiger partial charge is 0.270 e. The Balaban J connectivity index is 1.67. The molecule has 0 atom stereocenters. The molecule has 2 aromatic rings. The van der Waals surface area contributed by atoms with Crippen LogP contribution < -0.4 is 10.6 Å². The number of nitrogens with zero attached hydrogens (tertiary/aromatic N) is 2. The normalized spacial score (nSPS) is 13.4. The standard InChI is InChI=1S/C18H19ClN4O2/c1-10-3-4-12(8-14(10)19)9-20-17(25)15-7-11(2)21-18(22-15)23-16(24)13-5-6-13/h3-4,7-8,13H,5-6,9H2,1-2H3,(H,20,25)(H,21,22,23,24). The number of aromatic nitrogens is 2. The van der Waals surface area contributed by atoms with Crippen molar-refractivity contribution in [2.75, 3.05) is 5.32 Å². The van der Waals surface area contributed by atoms with E-state index in [0.29, 0.717) is 17.3 Å². The summed E-state index contributed by atoms with van der Waals surface area (Å²) in [7, 11) is 0. The molecule has 1 fully saturated rings. The first-order valence-corrected chi connectivity index (χ1v) is 8.50. The van der Waals surface area contributed by atoms with E-state index in [1.165, 1.54) is 0 Å². The van der Waals surface area contributed by atoms with E-state index >= 15 is 0 Å². The number of halogens is 1. The van der Waals surface area contributed by atoms with Crippen LogP contribution in [0, 0.1) is 19.8 Å². The predicted octanol–water partition coefficient (Wildman–Crippen LogP) is 3.03. The van der Waals surface area contributed by atoms with Gasteiger partial charge in [0.15, 0.2) is 0 Å². The van der Waals surface area contributed by atoms with Gasteiger partial charge in [0.25, 0.3) is 5.91 Å². The molecule has 1 heterocycles. The summed E-state index contributed by atoms with van der Waals surface area (Å²) >= 11 is 6.09. The van der Waals surface area contributed by atoms with Gasteiger partial charge in [-0.1, -0.05) is 23.7 Å². The highest BCUT2D eigenvalue weighted by Gasteiger charge is 2.30. The van der Waals surface area contributed by atoms with Gasteiger partial charge in [-0.05, 0) is 49.9 Å². The summed E-state index contributed by atoms with van der Waals surface area (Å²) in [6.45, 7) is 4.02. The minimum absolute atomic E-state index is 0.0488. The highest BCUT2D eigenvalue weighted by molar-refractivity contribution is 6.31. The molecule has 0 radical (unpaired) electrons. The van der Waals surface area contributed by atoms with Crippen molar-refractivity contribution in [1.82, 2.24) is 15.3 Å². The number of hydrogen-bond donors (Lipinski definition) is 2. The van der Waals surface area contributed by atoms with Crippen LogP contribution in [0.4, 0.5) is 5.95 Å². The highest BCUT2D eigenvalue weighted by atomic mass is 35.5. The quantitative estimate of drug-likeness (QED) is 0.860. The second kappa shape index (κ2) is 7.19. The summed E-state index contributed by atoms with van der Waals surface area (Å²) < 4.78 is 0. The molecule has 0 unspecified atom stereocenters. The van der Waals surface area contributed by atoms with Gasteiger partial charge in [0.2, 0.25) is 11.9 Å². The number of rotatable bonds is 5. The van der Waals surface area contributed by atoms with Gasteiger partial charge in [-0.3, -0.25) is 14.9 Å². The summed E-state index contributed by atoms with van der Waals surface area (Å²) in [5.41, 5.74) is 2.72. The monoisotopic (exact) mass is 358 g/mol. The molecule has 0 spiro atoms. The molecule has 1 aliphatic rings. The summed E-state index contributed by atoms with van der Waals surface area (Å²) in [5.74, 6) is -0.205. The Hall–Kier alpha value is -2.47. The third kappa shape index (κ3) is 4.54. The van der Waals surface area contributed by atoms with Gasteiger partial charge in [-0.25, -0.2) is 9.97 Å². The van der Waals surface area contributed by atoms with Crippen LogP contribution in [-0.4, -0.2) is 21.8 Å². The molecule has 2 N–H and O–H groups in total. The maximum Gasteiger partial charge on any atom is 0.270 e. The van der Waals surface area contributed by atoms with Gasteiger partial charge >= 0.3 is 0 Å². The van der Waals surface area contributed by atoms with Crippen molar-refractivity contribution >= 4 is 29.4 Å². The Kier molecular flexibility index (Phi) is 4.99. The summed E-state index contributed by atoms with van der Waals surface area (Å²) in [6, 6.07) is 7.23. The number of carbonyl (C=O) groups excluding carboxylic acids is 2. The first kappa shape index (κ1) is 17.4. The fourth-order valence-corrected chi connectivity index (χ4v) is 2.52. The van der Waals surface area contributed by atoms with Crippen LogP contribution in [0.2, 0.25) is 5.02 Å². The summed E-state index contributed by atoms with van der Waals surface area (Å²) in [5, 5.41) is 6.13. The van der Waals surface area contributed by atoms with Gasteiger partial charge in [0, 0.05) is 23.2 Å². The lowest BCUT2D eigenvalue weighted by atomic mass is 10.1. The highest BCUT2D eigenvalue weighted by Crippen LogP contribution is 2.29. The maximum absolute atomic E-state index is 12.4. The number of nitrogens with one attached hydrogen (secondary N) is 2. The van der Waals surface area contributed by atoms with E-state index in [2.05, 4.69) is 20.6 Å². The molecule has 3 rings (SSSR count). The topological polar surface area (TPSA) is 84.0 Å². The molecule has 0 aliphatic heterocycles. The third-order valence-electron chi connectivity index (χ3n) is 3.96. The summed E-state index contributed by atoms with van der Waals surface area (Å²) in [4.78, 5) is 32.5. The van der Waals surface area contributed by atoms with Crippen LogP contribution in [0.5, 0.6) is 0 Å². The molecule has 0 saturated heterocycles. The minimum Gasteiger partial charge on any atom is -0.347 e. The molecule has 2 amide bonds. The molecule has 1 aromatic heterocycles. The van der Waals surface area contributed by atoms with Crippen LogP contribution in [0.1, 0.15) is 40.2 Å². The maximum atomic E-state index is 12.4. The number of carbonyl (C=O) groups is 2. The zero-order chi connectivity index (χ0) is 18.0. The van der Waals surface area contributed by atoms with Gasteiger partial charge < -0.3 is 5.32 Å². The van der Waals surface area contributed by atoms with Crippen LogP contribution in [0.25, 0.3) is 0 Å². The Morgan fingerprint density at radius 2 is 1.96 bits per heavy atom. The van der Waals surface area contributed by atoms with Crippen LogP contribution in [0.15, 0.2) is 24.3 Å². The predicted molar refractivity (Wildman–Crippen MR) is 95.5 cm³/mol. The molecule has 25 heavy (non-hydrogen) atoms. The van der Waals surface area contributed by atoms with E-state index in [1.807, 2.05) is 25.1 Å². The van der Waals surface area contributed by atoms with E-state index in [9.17, 15) is 9.59 Å². The van der Waals surface area contributed by atoms with E-state index in [0.717, 1.165) is 24.0 Å². The molecular formula is C18H19ClN4O2. The van der Waals surface area contributed by atoms with Crippen LogP contribution in [-0.2, 0) is 11.3 Å². The average molecular weight is 359 g/mol. The molecule has 130 valence electrons. The molecule has 1 saturated carbocycles. The SMILES string of the molecule is Cc1cc(C(=O)NCc2ccc(C)c(Cl)c2)nc(NC(=O)C2CC2)n1. The molecule has 1 aliphatic carbocycles. The van der Waals surface area contributed by atoms with Crippen molar-refractivity contribution in [3.8, 4) is 0 Å². The van der Waals surface area contributed by atoms with E-state index in [1.54, 1.807) is 13.0 Å². The molecule has 6 nitrogen and oxygen atoms in total. The van der Waals surface area contributed by atoms with Gasteiger partial charge in [0.05, 0.1) is 0 Å². The fraction of sp³-hybridized carbons (Fsp3) is 0.333. The lowest BCUT2D eigenvalue weighted by molar-refractivity contribution is -0.117. The summed E-state index contributed by atoms with van der Waals surface area (Å²) in [6.07, 6.45) is 1.79. The molecular weight excluding hydrogens is 340 g/mol. The van der Waals surface area contributed by atoms with E-state index in [4.69, 9.17) is 11.6 Å². The lowest BCUT2D eigenvalue weighted by Crippen LogP contribution is -2.25. The molecule has 0 bridgehead atoms. The minimum atomic E-state index is -0.330. The van der Waals surface area contributed by atoms with Crippen molar-refractivity contribution in [2.45, 2.75) is 33.2 Å². The number of aryl methyl sites for hydroxylation is 2. The second-order valence-corrected chi connectivity index (χ2v) is 6.66. The van der Waals surface area contributed by atoms with Gasteiger partial charge in [-0.2, -0.15) is 0 Å². The fourth-order valence-electron chi connectivity index (χ4n) is 2.32. The second-order valence-electron chi connectivity index (χ2n) is 6.25. The van der Waals surface area contributed by atoms with Crippen molar-refractivity contribution in [1.29, 1.82) is 0 Å². The zero-order valence-electron chi connectivity index (χ0n) is 14.1. The molecule has 7 heteroatoms. The van der Waals surface area contributed by atoms with E-state index < -0.39 is 0 Å². The number of hydrogen-bond acceptors (Lipinski definition) is 4. The van der Waals surface area contributed by atoms with Crippen molar-refractivity contribution in [3.05, 3.63) is 51.8 Å². The Labute approximate surface area is 151 Å². The first-order valence-electron chi connectivity index (χ1n) is 8.12. The largest absolute Gasteiger partial charge is 0.347 e. The Bertz CT molecular complexity index is 834. The van der Waals surface area contributed by atoms with Crippen molar-refractivity contribution in [3.63, 3.8) is 0 Å². The van der Waals surface area contributed by atoms with Crippen molar-refractivity contribution < 1.29 is 9.59 Å². The van der Waals surface area contributed by atoms with Gasteiger partial charge in [0.1, 0.15) is 5.69 Å². The van der Waals surface area contributed by atoms with Gasteiger partial charge in [-0.15, -0.1) is 0 Å². The number of benzene rings is 1. The first-order chi connectivity index (χ1) is 11.9. The van der Waals surface area contributed by atoms with Crippen LogP contribution in [0.3, 0.4) is 0 Å². The Morgan fingerprint density at radius 1 is 1.20 bits per heavy atom. The zero-order valence-corrected chi connectivity index (χ0v) is 14.9. The lowest BCUT2D eigenvalue weighted by Gasteiger charge is -2.09.